The van der Waals surface area contributed by atoms with Gasteiger partial charge in [0.2, 0.25) is 6.41 Å². The SMILES string of the molecule is O=CNc1cc[nH]n1.Oc1ccco1. The molecule has 1 amide bonds. The van der Waals surface area contributed by atoms with Crippen molar-refractivity contribution < 1.29 is 14.3 Å². The second-order valence-electron chi connectivity index (χ2n) is 2.17. The van der Waals surface area contributed by atoms with Crippen molar-refractivity contribution in [3.05, 3.63) is 30.7 Å². The van der Waals surface area contributed by atoms with E-state index in [1.54, 1.807) is 18.3 Å². The van der Waals surface area contributed by atoms with E-state index in [-0.39, 0.29) is 5.95 Å². The van der Waals surface area contributed by atoms with E-state index in [9.17, 15) is 4.79 Å². The first-order valence-corrected chi connectivity index (χ1v) is 3.75. The standard InChI is InChI=1S/C4H5N3O.C4H4O2/c8-3-5-4-1-2-6-7-4;5-4-2-1-3-6-4/h1-3H,(H2,5,6,7,8);1-3,5H. The summed E-state index contributed by atoms with van der Waals surface area (Å²) in [6, 6.07) is 4.75. The third-order valence-corrected chi connectivity index (χ3v) is 1.21. The maximum absolute atomic E-state index is 9.71. The predicted octanol–water partition coefficient (Wildman–Crippen LogP) is 0.963. The molecule has 0 unspecified atom stereocenters. The Morgan fingerprint density at radius 3 is 2.79 bits per heavy atom. The summed E-state index contributed by atoms with van der Waals surface area (Å²) < 4.78 is 4.39. The molecule has 2 heterocycles. The maximum Gasteiger partial charge on any atom is 0.281 e. The van der Waals surface area contributed by atoms with Crippen LogP contribution in [0.25, 0.3) is 0 Å². The summed E-state index contributed by atoms with van der Waals surface area (Å²) in [7, 11) is 0. The van der Waals surface area contributed by atoms with E-state index in [1.807, 2.05) is 0 Å². The van der Waals surface area contributed by atoms with E-state index in [0.717, 1.165) is 0 Å². The number of hydrogen-bond acceptors (Lipinski definition) is 4. The Morgan fingerprint density at radius 1 is 1.57 bits per heavy atom. The molecule has 3 N–H and O–H groups in total. The molecule has 14 heavy (non-hydrogen) atoms. The first-order chi connectivity index (χ1) is 6.83. The average Bonchev–Trinajstić information content (AvgIpc) is 2.79. The van der Waals surface area contributed by atoms with E-state index in [2.05, 4.69) is 19.9 Å². The largest absolute Gasteiger partial charge is 0.481 e. The molecule has 2 rings (SSSR count). The lowest BCUT2D eigenvalue weighted by Crippen LogP contribution is -1.92. The van der Waals surface area contributed by atoms with E-state index >= 15 is 0 Å². The zero-order chi connectivity index (χ0) is 10.2. The van der Waals surface area contributed by atoms with Crippen molar-refractivity contribution in [3.63, 3.8) is 0 Å². The van der Waals surface area contributed by atoms with Gasteiger partial charge in [0.1, 0.15) is 0 Å². The normalized spacial score (nSPS) is 8.57. The first-order valence-electron chi connectivity index (χ1n) is 3.75. The summed E-state index contributed by atoms with van der Waals surface area (Å²) in [5.74, 6) is 0.509. The van der Waals surface area contributed by atoms with Crippen molar-refractivity contribution in [1.29, 1.82) is 0 Å². The fourth-order valence-electron chi connectivity index (χ4n) is 0.671. The molecule has 0 spiro atoms. The highest BCUT2D eigenvalue weighted by Gasteiger charge is 1.85. The molecular formula is C8H9N3O3. The van der Waals surface area contributed by atoms with Gasteiger partial charge in [-0.1, -0.05) is 0 Å². The van der Waals surface area contributed by atoms with Crippen LogP contribution in [-0.4, -0.2) is 21.7 Å². The predicted molar refractivity (Wildman–Crippen MR) is 48.6 cm³/mol. The number of amides is 1. The van der Waals surface area contributed by atoms with Crippen molar-refractivity contribution in [1.82, 2.24) is 10.2 Å². The second kappa shape index (κ2) is 5.41. The number of aromatic nitrogens is 2. The van der Waals surface area contributed by atoms with Gasteiger partial charge in [0.25, 0.3) is 5.95 Å². The second-order valence-corrected chi connectivity index (χ2v) is 2.17. The number of rotatable bonds is 2. The highest BCUT2D eigenvalue weighted by Crippen LogP contribution is 2.04. The molecule has 0 aliphatic rings. The minimum atomic E-state index is -0.0324. The minimum absolute atomic E-state index is 0.0324. The number of aromatic hydroxyl groups is 1. The molecule has 6 heteroatoms. The van der Waals surface area contributed by atoms with Crippen LogP contribution < -0.4 is 5.32 Å². The topological polar surface area (TPSA) is 91.2 Å². The summed E-state index contributed by atoms with van der Waals surface area (Å²) in [6.45, 7) is 0. The number of furan rings is 1. The van der Waals surface area contributed by atoms with Gasteiger partial charge in [0.05, 0.1) is 6.26 Å². The van der Waals surface area contributed by atoms with Crippen LogP contribution in [0.3, 0.4) is 0 Å². The Hall–Kier alpha value is -2.24. The number of hydrogen-bond donors (Lipinski definition) is 3. The van der Waals surface area contributed by atoms with Crippen LogP contribution in [-0.2, 0) is 4.79 Å². The van der Waals surface area contributed by atoms with Crippen LogP contribution in [0.4, 0.5) is 5.82 Å². The summed E-state index contributed by atoms with van der Waals surface area (Å²) >= 11 is 0. The Bertz CT molecular complexity index is 342. The zero-order valence-electron chi connectivity index (χ0n) is 7.18. The van der Waals surface area contributed by atoms with Crippen LogP contribution >= 0.6 is 0 Å². The van der Waals surface area contributed by atoms with Gasteiger partial charge >= 0.3 is 0 Å². The van der Waals surface area contributed by atoms with Gasteiger partial charge in [0, 0.05) is 18.3 Å². The zero-order valence-corrected chi connectivity index (χ0v) is 7.18. The number of carbonyl (C=O) groups excluding carboxylic acids is 1. The van der Waals surface area contributed by atoms with E-state index in [4.69, 9.17) is 5.11 Å². The van der Waals surface area contributed by atoms with Gasteiger partial charge in [-0.2, -0.15) is 5.10 Å². The molecule has 0 aromatic carbocycles. The Balaban J connectivity index is 0.000000146. The molecule has 0 fully saturated rings. The van der Waals surface area contributed by atoms with Crippen LogP contribution in [0.15, 0.2) is 35.1 Å². The van der Waals surface area contributed by atoms with Crippen molar-refractivity contribution in [2.45, 2.75) is 0 Å². The Labute approximate surface area is 79.6 Å². The summed E-state index contributed by atoms with van der Waals surface area (Å²) in [5, 5.41) is 16.9. The van der Waals surface area contributed by atoms with E-state index in [0.29, 0.717) is 12.2 Å². The molecule has 0 radical (unpaired) electrons. The first kappa shape index (κ1) is 9.85. The van der Waals surface area contributed by atoms with Crippen molar-refractivity contribution in [3.8, 4) is 5.95 Å². The fraction of sp³-hybridized carbons (Fsp3) is 0. The van der Waals surface area contributed by atoms with Crippen LogP contribution in [0.1, 0.15) is 0 Å². The fourth-order valence-corrected chi connectivity index (χ4v) is 0.671. The van der Waals surface area contributed by atoms with Gasteiger partial charge in [-0.3, -0.25) is 9.89 Å². The lowest BCUT2D eigenvalue weighted by Gasteiger charge is -1.83. The quantitative estimate of drug-likeness (QED) is 0.622. The molecule has 0 aliphatic carbocycles. The van der Waals surface area contributed by atoms with Gasteiger partial charge in [-0.15, -0.1) is 0 Å². The van der Waals surface area contributed by atoms with Crippen LogP contribution in [0.5, 0.6) is 5.95 Å². The highest BCUT2D eigenvalue weighted by molar-refractivity contribution is 5.68. The molecule has 0 saturated carbocycles. The molecule has 2 aromatic heterocycles. The molecule has 0 saturated heterocycles. The van der Waals surface area contributed by atoms with Gasteiger partial charge in [-0.25, -0.2) is 0 Å². The minimum Gasteiger partial charge on any atom is -0.481 e. The highest BCUT2D eigenvalue weighted by atomic mass is 16.5. The van der Waals surface area contributed by atoms with E-state index in [1.165, 1.54) is 12.3 Å². The average molecular weight is 195 g/mol. The van der Waals surface area contributed by atoms with E-state index < -0.39 is 0 Å². The number of nitrogens with zero attached hydrogens (tertiary/aromatic N) is 1. The monoisotopic (exact) mass is 195 g/mol. The van der Waals surface area contributed by atoms with Gasteiger partial charge in [-0.05, 0) is 6.07 Å². The number of aromatic amines is 1. The van der Waals surface area contributed by atoms with Crippen LogP contribution in [0.2, 0.25) is 0 Å². The number of anilines is 1. The Morgan fingerprint density at radius 2 is 2.43 bits per heavy atom. The van der Waals surface area contributed by atoms with Crippen molar-refractivity contribution >= 4 is 12.2 Å². The summed E-state index contributed by atoms with van der Waals surface area (Å²) in [4.78, 5) is 9.71. The number of H-pyrrole nitrogens is 1. The van der Waals surface area contributed by atoms with Gasteiger partial charge in [0.15, 0.2) is 5.82 Å². The third kappa shape index (κ3) is 3.44. The van der Waals surface area contributed by atoms with Crippen LogP contribution in [0, 0.1) is 0 Å². The molecule has 0 aliphatic heterocycles. The summed E-state index contributed by atoms with van der Waals surface area (Å²) in [6.07, 6.45) is 3.62. The molecule has 0 atom stereocenters. The van der Waals surface area contributed by atoms with Crippen molar-refractivity contribution in [2.24, 2.45) is 0 Å². The maximum atomic E-state index is 9.71. The molecule has 74 valence electrons. The Kier molecular flexibility index (Phi) is 3.81. The lowest BCUT2D eigenvalue weighted by atomic mass is 10.6. The molecular weight excluding hydrogens is 186 g/mol. The smallest absolute Gasteiger partial charge is 0.281 e. The van der Waals surface area contributed by atoms with Crippen molar-refractivity contribution in [2.75, 3.05) is 5.32 Å². The third-order valence-electron chi connectivity index (χ3n) is 1.21. The molecule has 0 bridgehead atoms. The summed E-state index contributed by atoms with van der Waals surface area (Å²) in [5.41, 5.74) is 0. The van der Waals surface area contributed by atoms with Gasteiger partial charge < -0.3 is 14.8 Å². The number of nitrogens with one attached hydrogen (secondary N) is 2. The number of carbonyl (C=O) groups is 1. The lowest BCUT2D eigenvalue weighted by molar-refractivity contribution is -0.105. The molecule has 6 nitrogen and oxygen atoms in total. The molecule has 2 aromatic rings.